The Morgan fingerprint density at radius 3 is 2.19 bits per heavy atom. The lowest BCUT2D eigenvalue weighted by molar-refractivity contribution is 0.593. The van der Waals surface area contributed by atoms with Gasteiger partial charge in [-0.05, 0) is 29.3 Å². The van der Waals surface area contributed by atoms with Crippen molar-refractivity contribution >= 4 is 23.1 Å². The number of hydrogen-bond acceptors (Lipinski definition) is 1. The lowest BCUT2D eigenvalue weighted by Crippen LogP contribution is -2.20. The molecular weight excluding hydrogens is 282 g/mol. The first-order valence-corrected chi connectivity index (χ1v) is 8.48. The molecule has 1 heterocycles. The third-order valence-electron chi connectivity index (χ3n) is 3.95. The first-order chi connectivity index (χ1) is 10.2. The molecule has 0 N–H and O–H groups in total. The van der Waals surface area contributed by atoms with Gasteiger partial charge in [0.1, 0.15) is 5.82 Å². The Morgan fingerprint density at radius 1 is 0.714 bits per heavy atom. The number of halogens is 1. The molecule has 0 aromatic heterocycles. The summed E-state index contributed by atoms with van der Waals surface area (Å²) in [7, 11) is -2.89. The van der Waals surface area contributed by atoms with Crippen LogP contribution in [0.2, 0.25) is 0 Å². The fourth-order valence-electron chi connectivity index (χ4n) is 3.02. The smallest absolute Gasteiger partial charge is 0.172 e. The molecule has 3 aromatic rings. The lowest BCUT2D eigenvalue weighted by Gasteiger charge is -2.15. The fraction of sp³-hybridized carbons (Fsp3) is 0. The Morgan fingerprint density at radius 2 is 1.38 bits per heavy atom. The predicted molar refractivity (Wildman–Crippen MR) is 84.8 cm³/mol. The maximum atomic E-state index is 13.8. The van der Waals surface area contributed by atoms with Gasteiger partial charge in [-0.3, -0.25) is 0 Å². The van der Waals surface area contributed by atoms with Crippen molar-refractivity contribution in [3.63, 3.8) is 0 Å². The molecule has 0 saturated heterocycles. The van der Waals surface area contributed by atoms with Gasteiger partial charge in [0.2, 0.25) is 0 Å². The van der Waals surface area contributed by atoms with Crippen LogP contribution >= 0.6 is 7.14 Å². The molecule has 0 bridgehead atoms. The van der Waals surface area contributed by atoms with Crippen LogP contribution in [0.25, 0.3) is 11.1 Å². The molecule has 102 valence electrons. The lowest BCUT2D eigenvalue weighted by atomic mass is 10.1. The molecule has 1 unspecified atom stereocenters. The number of fused-ring (bicyclic) bond motifs is 3. The topological polar surface area (TPSA) is 17.1 Å². The zero-order valence-electron chi connectivity index (χ0n) is 11.2. The van der Waals surface area contributed by atoms with Crippen molar-refractivity contribution in [2.75, 3.05) is 0 Å². The van der Waals surface area contributed by atoms with E-state index in [4.69, 9.17) is 0 Å². The molecule has 1 atom stereocenters. The van der Waals surface area contributed by atoms with Crippen LogP contribution < -0.4 is 15.9 Å². The van der Waals surface area contributed by atoms with E-state index in [1.54, 1.807) is 6.07 Å². The molecule has 21 heavy (non-hydrogen) atoms. The summed E-state index contributed by atoms with van der Waals surface area (Å²) in [4.78, 5) is 0. The van der Waals surface area contributed by atoms with Gasteiger partial charge in [-0.2, -0.15) is 0 Å². The molecule has 0 spiro atoms. The molecule has 4 rings (SSSR count). The normalized spacial score (nSPS) is 19.1. The Bertz CT molecular complexity index is 887. The molecule has 1 aliphatic heterocycles. The maximum absolute atomic E-state index is 13.8. The minimum Gasteiger partial charge on any atom is -0.309 e. The minimum absolute atomic E-state index is 0.301. The van der Waals surface area contributed by atoms with Gasteiger partial charge in [-0.1, -0.05) is 54.6 Å². The Kier molecular flexibility index (Phi) is 2.63. The van der Waals surface area contributed by atoms with Crippen molar-refractivity contribution in [2.45, 2.75) is 0 Å². The molecule has 3 aromatic carbocycles. The number of rotatable bonds is 1. The number of benzene rings is 3. The highest BCUT2D eigenvalue weighted by Crippen LogP contribution is 2.51. The largest absolute Gasteiger partial charge is 0.309 e. The van der Waals surface area contributed by atoms with Crippen molar-refractivity contribution < 1.29 is 8.96 Å². The average molecular weight is 294 g/mol. The van der Waals surface area contributed by atoms with E-state index in [1.165, 1.54) is 12.1 Å². The highest BCUT2D eigenvalue weighted by molar-refractivity contribution is 7.86. The second-order valence-electron chi connectivity index (χ2n) is 5.12. The van der Waals surface area contributed by atoms with Crippen LogP contribution in [-0.2, 0) is 4.57 Å². The van der Waals surface area contributed by atoms with Crippen LogP contribution in [0.3, 0.4) is 0 Å². The summed E-state index contributed by atoms with van der Waals surface area (Å²) in [6.45, 7) is 0. The Balaban J connectivity index is 2.13. The van der Waals surface area contributed by atoms with Crippen molar-refractivity contribution in [3.8, 4) is 11.1 Å². The molecule has 1 aliphatic rings. The van der Waals surface area contributed by atoms with Crippen LogP contribution in [0.4, 0.5) is 4.39 Å². The van der Waals surface area contributed by atoms with Gasteiger partial charge >= 0.3 is 0 Å². The SMILES string of the molecule is O=P1(c2ccccc2)c2ccccc2-c2cc(F)ccc21. The third-order valence-corrected chi connectivity index (χ3v) is 7.11. The second-order valence-corrected chi connectivity index (χ2v) is 7.82. The third kappa shape index (κ3) is 1.66. The van der Waals surface area contributed by atoms with Crippen molar-refractivity contribution in [3.05, 3.63) is 78.6 Å². The first-order valence-electron chi connectivity index (χ1n) is 6.77. The van der Waals surface area contributed by atoms with E-state index in [0.29, 0.717) is 0 Å². The number of hydrogen-bond donors (Lipinski definition) is 0. The highest BCUT2D eigenvalue weighted by atomic mass is 31.2. The summed E-state index contributed by atoms with van der Waals surface area (Å²) in [5.41, 5.74) is 1.62. The summed E-state index contributed by atoms with van der Waals surface area (Å²) in [6.07, 6.45) is 0. The van der Waals surface area contributed by atoms with Crippen molar-refractivity contribution in [1.82, 2.24) is 0 Å². The van der Waals surface area contributed by atoms with Gasteiger partial charge in [-0.25, -0.2) is 4.39 Å². The van der Waals surface area contributed by atoms with Gasteiger partial charge in [0.25, 0.3) is 0 Å². The molecule has 1 nitrogen and oxygen atoms in total. The maximum Gasteiger partial charge on any atom is 0.172 e. The van der Waals surface area contributed by atoms with E-state index in [0.717, 1.165) is 27.0 Å². The molecule has 3 heteroatoms. The van der Waals surface area contributed by atoms with Crippen molar-refractivity contribution in [2.24, 2.45) is 0 Å². The monoisotopic (exact) mass is 294 g/mol. The molecule has 0 saturated carbocycles. The van der Waals surface area contributed by atoms with Crippen LogP contribution in [-0.4, -0.2) is 0 Å². The van der Waals surface area contributed by atoms with Gasteiger partial charge in [-0.15, -0.1) is 0 Å². The summed E-state index contributed by atoms with van der Waals surface area (Å²) < 4.78 is 27.5. The summed E-state index contributed by atoms with van der Waals surface area (Å²) >= 11 is 0. The molecule has 0 amide bonds. The van der Waals surface area contributed by atoms with E-state index in [-0.39, 0.29) is 5.82 Å². The van der Waals surface area contributed by atoms with Gasteiger partial charge in [0, 0.05) is 15.9 Å². The van der Waals surface area contributed by atoms with Crippen LogP contribution in [0.15, 0.2) is 72.8 Å². The van der Waals surface area contributed by atoms with Crippen LogP contribution in [0.1, 0.15) is 0 Å². The molecule has 0 fully saturated rings. The highest BCUT2D eigenvalue weighted by Gasteiger charge is 2.39. The Hall–Kier alpha value is -2.18. The molecular formula is C18H12FOP. The van der Waals surface area contributed by atoms with E-state index >= 15 is 0 Å². The van der Waals surface area contributed by atoms with Gasteiger partial charge < -0.3 is 4.57 Å². The minimum atomic E-state index is -2.89. The zero-order valence-corrected chi connectivity index (χ0v) is 12.1. The van der Waals surface area contributed by atoms with E-state index in [2.05, 4.69) is 0 Å². The fourth-order valence-corrected chi connectivity index (χ4v) is 6.07. The predicted octanol–water partition coefficient (Wildman–Crippen LogP) is 3.45. The standard InChI is InChI=1S/C18H12FOP/c19-13-10-11-18-16(12-13)15-8-4-5-9-17(15)21(18,20)14-6-2-1-3-7-14/h1-12H. The van der Waals surface area contributed by atoms with Gasteiger partial charge in [0.15, 0.2) is 7.14 Å². The van der Waals surface area contributed by atoms with E-state index in [9.17, 15) is 8.96 Å². The van der Waals surface area contributed by atoms with Crippen LogP contribution in [0.5, 0.6) is 0 Å². The molecule has 0 radical (unpaired) electrons. The average Bonchev–Trinajstić information content (AvgIpc) is 2.79. The molecule has 0 aliphatic carbocycles. The van der Waals surface area contributed by atoms with Crippen molar-refractivity contribution in [1.29, 1.82) is 0 Å². The summed E-state index contributed by atoms with van der Waals surface area (Å²) in [6, 6.07) is 21.6. The zero-order chi connectivity index (χ0) is 14.4. The Labute approximate surface area is 122 Å². The summed E-state index contributed by atoms with van der Waals surface area (Å²) in [5, 5.41) is 2.33. The van der Waals surface area contributed by atoms with Crippen LogP contribution in [0, 0.1) is 5.82 Å². The van der Waals surface area contributed by atoms with E-state index < -0.39 is 7.14 Å². The quantitative estimate of drug-likeness (QED) is 0.491. The van der Waals surface area contributed by atoms with E-state index in [1.807, 2.05) is 54.6 Å². The first kappa shape index (κ1) is 12.6. The second kappa shape index (κ2) is 4.41. The van der Waals surface area contributed by atoms with Gasteiger partial charge in [0.05, 0.1) is 0 Å². The summed E-state index contributed by atoms with van der Waals surface area (Å²) in [5.74, 6) is -0.301.